The SMILES string of the molecule is C=CC(=O)N1CCN(c2nc(O[C@@H]3CN(C)C[C@H]3OC)nc3c2CCC(N2CCCc4ccccc42)C3)CC1CC#N. The molecule has 2 unspecified atom stereocenters. The second kappa shape index (κ2) is 12.3. The third-order valence-corrected chi connectivity index (χ3v) is 9.32. The van der Waals surface area contributed by atoms with E-state index in [-0.39, 0.29) is 30.6 Å². The molecule has 2 saturated heterocycles. The summed E-state index contributed by atoms with van der Waals surface area (Å²) in [5, 5.41) is 9.54. The predicted octanol–water partition coefficient (Wildman–Crippen LogP) is 2.61. The summed E-state index contributed by atoms with van der Waals surface area (Å²) >= 11 is 0. The number of ether oxygens (including phenoxy) is 2. The molecular formula is C32H41N7O3. The highest BCUT2D eigenvalue weighted by Crippen LogP contribution is 2.37. The van der Waals surface area contributed by atoms with Crippen LogP contribution < -0.4 is 14.5 Å². The fourth-order valence-electron chi connectivity index (χ4n) is 7.21. The van der Waals surface area contributed by atoms with Crippen molar-refractivity contribution in [3.05, 3.63) is 53.7 Å². The number of amides is 1. The fourth-order valence-corrected chi connectivity index (χ4v) is 7.21. The first-order chi connectivity index (χ1) is 20.5. The van der Waals surface area contributed by atoms with Crippen molar-refractivity contribution in [1.29, 1.82) is 5.26 Å². The third kappa shape index (κ3) is 5.55. The van der Waals surface area contributed by atoms with Gasteiger partial charge in [-0.25, -0.2) is 0 Å². The molecule has 0 spiro atoms. The lowest BCUT2D eigenvalue weighted by Crippen LogP contribution is -2.55. The Balaban J connectivity index is 1.33. The average molecular weight is 572 g/mol. The molecule has 1 aromatic heterocycles. The number of hydrogen-bond acceptors (Lipinski definition) is 9. The van der Waals surface area contributed by atoms with Gasteiger partial charge in [0.15, 0.2) is 0 Å². The Kier molecular flexibility index (Phi) is 8.31. The van der Waals surface area contributed by atoms with E-state index in [1.54, 1.807) is 12.0 Å². The van der Waals surface area contributed by atoms with Gasteiger partial charge in [-0.05, 0) is 50.4 Å². The summed E-state index contributed by atoms with van der Waals surface area (Å²) in [6.07, 6.45) is 6.38. The van der Waals surface area contributed by atoms with E-state index in [4.69, 9.17) is 19.4 Å². The molecule has 4 heterocycles. The van der Waals surface area contributed by atoms with Crippen LogP contribution in [0, 0.1) is 11.3 Å². The molecular weight excluding hydrogens is 530 g/mol. The summed E-state index contributed by atoms with van der Waals surface area (Å²) in [5.74, 6) is 0.741. The minimum Gasteiger partial charge on any atom is -0.456 e. The van der Waals surface area contributed by atoms with E-state index in [0.29, 0.717) is 31.7 Å². The van der Waals surface area contributed by atoms with Crippen molar-refractivity contribution in [2.75, 3.05) is 63.2 Å². The van der Waals surface area contributed by atoms with Gasteiger partial charge < -0.3 is 24.2 Å². The first kappa shape index (κ1) is 28.4. The normalized spacial score (nSPS) is 25.9. The van der Waals surface area contributed by atoms with Crippen molar-refractivity contribution in [1.82, 2.24) is 19.8 Å². The monoisotopic (exact) mass is 571 g/mol. The maximum absolute atomic E-state index is 12.5. The van der Waals surface area contributed by atoms with Crippen LogP contribution in [0.4, 0.5) is 11.5 Å². The Bertz CT molecular complexity index is 1360. The number of nitriles is 1. The molecule has 1 aliphatic carbocycles. The molecule has 0 saturated carbocycles. The molecule has 0 radical (unpaired) electrons. The van der Waals surface area contributed by atoms with Gasteiger partial charge in [0.1, 0.15) is 18.0 Å². The first-order valence-electron chi connectivity index (χ1n) is 15.2. The highest BCUT2D eigenvalue weighted by molar-refractivity contribution is 5.87. The lowest BCUT2D eigenvalue weighted by atomic mass is 9.88. The van der Waals surface area contributed by atoms with E-state index in [1.165, 1.54) is 17.3 Å². The molecule has 0 bridgehead atoms. The van der Waals surface area contributed by atoms with Crippen molar-refractivity contribution in [3.63, 3.8) is 0 Å². The van der Waals surface area contributed by atoms with Crippen molar-refractivity contribution in [2.45, 2.75) is 62.8 Å². The van der Waals surface area contributed by atoms with E-state index >= 15 is 0 Å². The molecule has 222 valence electrons. The molecule has 1 aromatic carbocycles. The maximum atomic E-state index is 12.5. The van der Waals surface area contributed by atoms with Crippen LogP contribution in [0.15, 0.2) is 36.9 Å². The van der Waals surface area contributed by atoms with Crippen LogP contribution in [0.2, 0.25) is 0 Å². The Morgan fingerprint density at radius 1 is 1.14 bits per heavy atom. The summed E-state index contributed by atoms with van der Waals surface area (Å²) < 4.78 is 12.2. The standard InChI is InChI=1S/C32H41N7O3/c1-4-30(40)39-17-16-37(19-24(39)13-14-33)31-25-12-11-23(38-15-7-9-22-8-5-6-10-27(22)38)18-26(25)34-32(35-31)42-29-21-36(2)20-28(29)41-3/h4-6,8,10,23-24,28-29H,1,7,9,11-13,15-21H2,2-3H3/t23?,24?,28-,29-/m1/s1. The number of likely N-dealkylation sites (N-methyl/N-ethyl adjacent to an activating group) is 1. The fraction of sp³-hybridized carbons (Fsp3) is 0.562. The molecule has 2 fully saturated rings. The van der Waals surface area contributed by atoms with Gasteiger partial charge in [-0.2, -0.15) is 15.2 Å². The zero-order chi connectivity index (χ0) is 29.2. The van der Waals surface area contributed by atoms with E-state index in [2.05, 4.69) is 58.7 Å². The van der Waals surface area contributed by atoms with E-state index in [9.17, 15) is 10.1 Å². The third-order valence-electron chi connectivity index (χ3n) is 9.32. The quantitative estimate of drug-likeness (QED) is 0.465. The maximum Gasteiger partial charge on any atom is 0.319 e. The topological polar surface area (TPSA) is 98.1 Å². The molecule has 42 heavy (non-hydrogen) atoms. The highest BCUT2D eigenvalue weighted by Gasteiger charge is 2.37. The molecule has 4 aliphatic rings. The summed E-state index contributed by atoms with van der Waals surface area (Å²) in [7, 11) is 3.79. The van der Waals surface area contributed by atoms with E-state index < -0.39 is 0 Å². The van der Waals surface area contributed by atoms with Gasteiger partial charge in [-0.3, -0.25) is 9.69 Å². The molecule has 1 amide bonds. The van der Waals surface area contributed by atoms with Crippen LogP contribution in [0.3, 0.4) is 0 Å². The van der Waals surface area contributed by atoms with Crippen LogP contribution in [0.25, 0.3) is 0 Å². The van der Waals surface area contributed by atoms with Gasteiger partial charge in [0.2, 0.25) is 5.91 Å². The van der Waals surface area contributed by atoms with Gasteiger partial charge in [0.25, 0.3) is 0 Å². The second-order valence-electron chi connectivity index (χ2n) is 11.9. The highest BCUT2D eigenvalue weighted by atomic mass is 16.5. The van der Waals surface area contributed by atoms with Crippen molar-refractivity contribution < 1.29 is 14.3 Å². The van der Waals surface area contributed by atoms with Crippen LogP contribution in [-0.2, 0) is 28.8 Å². The van der Waals surface area contributed by atoms with Gasteiger partial charge in [0.05, 0.1) is 24.2 Å². The number of piperazine rings is 1. The van der Waals surface area contributed by atoms with Crippen molar-refractivity contribution in [3.8, 4) is 12.1 Å². The summed E-state index contributed by atoms with van der Waals surface area (Å²) in [4.78, 5) is 31.4. The van der Waals surface area contributed by atoms with Gasteiger partial charge >= 0.3 is 6.01 Å². The molecule has 3 aliphatic heterocycles. The largest absolute Gasteiger partial charge is 0.456 e. The number of carbonyl (C=O) groups excluding carboxylic acids is 1. The molecule has 6 rings (SSSR count). The molecule has 4 atom stereocenters. The Labute approximate surface area is 248 Å². The summed E-state index contributed by atoms with van der Waals surface area (Å²) in [5.41, 5.74) is 4.97. The lowest BCUT2D eigenvalue weighted by molar-refractivity contribution is -0.128. The lowest BCUT2D eigenvalue weighted by Gasteiger charge is -2.43. The zero-order valence-electron chi connectivity index (χ0n) is 24.7. The molecule has 10 nitrogen and oxygen atoms in total. The van der Waals surface area contributed by atoms with Gasteiger partial charge in [0, 0.05) is 70.1 Å². The molecule has 0 N–H and O–H groups in total. The van der Waals surface area contributed by atoms with Crippen LogP contribution in [0.5, 0.6) is 6.01 Å². The second-order valence-corrected chi connectivity index (χ2v) is 11.9. The van der Waals surface area contributed by atoms with Crippen LogP contribution >= 0.6 is 0 Å². The average Bonchev–Trinajstić information content (AvgIpc) is 3.38. The molecule has 10 heteroatoms. The number of rotatable bonds is 7. The number of methoxy groups -OCH3 is 1. The minimum atomic E-state index is -0.230. The first-order valence-corrected chi connectivity index (χ1v) is 15.2. The van der Waals surface area contributed by atoms with Crippen molar-refractivity contribution >= 4 is 17.4 Å². The Morgan fingerprint density at radius 2 is 1.98 bits per heavy atom. The molecule has 2 aromatic rings. The number of para-hydroxylation sites is 1. The number of likely N-dealkylation sites (tertiary alicyclic amines) is 1. The number of hydrogen-bond donors (Lipinski definition) is 0. The Morgan fingerprint density at radius 3 is 2.79 bits per heavy atom. The van der Waals surface area contributed by atoms with Gasteiger partial charge in [-0.15, -0.1) is 0 Å². The van der Waals surface area contributed by atoms with Crippen molar-refractivity contribution in [2.24, 2.45) is 0 Å². The number of carbonyl (C=O) groups is 1. The smallest absolute Gasteiger partial charge is 0.319 e. The number of aromatic nitrogens is 2. The summed E-state index contributed by atoms with van der Waals surface area (Å²) in [6.45, 7) is 7.93. The number of anilines is 2. The number of nitrogens with zero attached hydrogens (tertiary/aromatic N) is 7. The van der Waals surface area contributed by atoms with Crippen LogP contribution in [0.1, 0.15) is 36.1 Å². The van der Waals surface area contributed by atoms with Gasteiger partial charge in [-0.1, -0.05) is 24.8 Å². The summed E-state index contributed by atoms with van der Waals surface area (Å²) in [6, 6.07) is 11.6. The minimum absolute atomic E-state index is 0.0517. The van der Waals surface area contributed by atoms with Crippen LogP contribution in [-0.4, -0.2) is 103 Å². The number of fused-ring (bicyclic) bond motifs is 2. The number of aryl methyl sites for hydroxylation is 1. The predicted molar refractivity (Wildman–Crippen MR) is 161 cm³/mol. The number of benzene rings is 1. The van der Waals surface area contributed by atoms with E-state index in [0.717, 1.165) is 68.8 Å². The Hall–Kier alpha value is -3.68. The zero-order valence-corrected chi connectivity index (χ0v) is 24.7. The van der Waals surface area contributed by atoms with E-state index in [1.807, 2.05) is 0 Å².